The molecule has 1 amide bonds. The van der Waals surface area contributed by atoms with Crippen molar-refractivity contribution in [2.24, 2.45) is 5.10 Å². The smallest absolute Gasteiger partial charge is 0.344 e. The molecule has 0 spiro atoms. The minimum Gasteiger partial charge on any atom is -0.493 e. The first-order valence-corrected chi connectivity index (χ1v) is 10.0. The number of nitrogens with one attached hydrogen (secondary N) is 1. The Kier molecular flexibility index (Phi) is 9.42. The van der Waals surface area contributed by atoms with E-state index in [0.29, 0.717) is 32.9 Å². The number of nitrogens with zero attached hydrogens (tertiary/aromatic N) is 1. The zero-order chi connectivity index (χ0) is 22.8. The lowest BCUT2D eigenvalue weighted by molar-refractivity contribution is -0.145. The number of carbonyl (C=O) groups is 2. The third-order valence-corrected chi connectivity index (χ3v) is 4.32. The third kappa shape index (κ3) is 7.66. The van der Waals surface area contributed by atoms with Crippen LogP contribution in [0.4, 0.5) is 0 Å². The van der Waals surface area contributed by atoms with E-state index in [1.54, 1.807) is 44.2 Å². The van der Waals surface area contributed by atoms with E-state index in [2.05, 4.69) is 10.5 Å². The highest BCUT2D eigenvalue weighted by molar-refractivity contribution is 6.35. The molecule has 1 N–H and O–H groups in total. The molecular formula is C21H22Cl2N2O6. The molecule has 0 saturated heterocycles. The van der Waals surface area contributed by atoms with Crippen LogP contribution in [0.2, 0.25) is 10.0 Å². The highest BCUT2D eigenvalue weighted by atomic mass is 35.5. The summed E-state index contributed by atoms with van der Waals surface area (Å²) in [6.45, 7) is 3.32. The maximum absolute atomic E-state index is 12.2. The Balaban J connectivity index is 1.93. The second-order valence-electron chi connectivity index (χ2n) is 6.07. The van der Waals surface area contributed by atoms with Crippen LogP contribution in [0.25, 0.3) is 0 Å². The molecule has 0 heterocycles. The number of benzene rings is 2. The Hall–Kier alpha value is -2.97. The molecule has 2 aromatic rings. The van der Waals surface area contributed by atoms with Crippen LogP contribution in [0.3, 0.4) is 0 Å². The fourth-order valence-electron chi connectivity index (χ4n) is 2.30. The van der Waals surface area contributed by atoms with Gasteiger partial charge in [0, 0.05) is 5.02 Å². The van der Waals surface area contributed by atoms with E-state index >= 15 is 0 Å². The summed E-state index contributed by atoms with van der Waals surface area (Å²) >= 11 is 11.9. The van der Waals surface area contributed by atoms with Crippen LogP contribution in [0.15, 0.2) is 41.5 Å². The van der Waals surface area contributed by atoms with Crippen molar-refractivity contribution in [2.75, 3.05) is 20.3 Å². The largest absolute Gasteiger partial charge is 0.493 e. The normalized spacial score (nSPS) is 11.6. The highest BCUT2D eigenvalue weighted by Crippen LogP contribution is 2.29. The maximum Gasteiger partial charge on any atom is 0.344 e. The molecule has 0 aliphatic heterocycles. The second kappa shape index (κ2) is 12.0. The van der Waals surface area contributed by atoms with Crippen LogP contribution in [0.5, 0.6) is 17.2 Å². The lowest BCUT2D eigenvalue weighted by atomic mass is 10.2. The number of halogens is 2. The predicted octanol–water partition coefficient (Wildman–Crippen LogP) is 3.86. The first-order chi connectivity index (χ1) is 14.8. The zero-order valence-electron chi connectivity index (χ0n) is 17.2. The average Bonchev–Trinajstić information content (AvgIpc) is 2.74. The van der Waals surface area contributed by atoms with Crippen molar-refractivity contribution >= 4 is 41.3 Å². The van der Waals surface area contributed by atoms with Crippen molar-refractivity contribution < 1.29 is 28.5 Å². The molecule has 0 aliphatic carbocycles. The summed E-state index contributed by atoms with van der Waals surface area (Å²) < 4.78 is 21.0. The lowest BCUT2D eigenvalue weighted by Gasteiger charge is -2.14. The van der Waals surface area contributed by atoms with Crippen LogP contribution in [0.1, 0.15) is 19.4 Å². The Morgan fingerprint density at radius 3 is 2.55 bits per heavy atom. The zero-order valence-corrected chi connectivity index (χ0v) is 18.7. The van der Waals surface area contributed by atoms with Crippen LogP contribution < -0.4 is 19.6 Å². The number of rotatable bonds is 10. The number of hydrogen-bond acceptors (Lipinski definition) is 7. The van der Waals surface area contributed by atoms with Gasteiger partial charge in [0.2, 0.25) is 0 Å². The van der Waals surface area contributed by atoms with Crippen molar-refractivity contribution in [3.63, 3.8) is 0 Å². The van der Waals surface area contributed by atoms with Crippen molar-refractivity contribution in [2.45, 2.75) is 20.0 Å². The lowest BCUT2D eigenvalue weighted by Crippen LogP contribution is -2.33. The van der Waals surface area contributed by atoms with E-state index in [0.717, 1.165) is 0 Å². The SMILES string of the molecule is CCOC(=O)COc1ccc(/C=N/NC(=O)[C@H](C)Oc2ccc(Cl)cc2Cl)cc1OC. The number of hydrogen-bond donors (Lipinski definition) is 1. The summed E-state index contributed by atoms with van der Waals surface area (Å²) in [7, 11) is 1.47. The maximum atomic E-state index is 12.2. The van der Waals surface area contributed by atoms with Gasteiger partial charge in [-0.3, -0.25) is 4.79 Å². The molecule has 0 aliphatic rings. The number of methoxy groups -OCH3 is 1. The first kappa shape index (κ1) is 24.3. The Bertz CT molecular complexity index is 951. The molecule has 0 bridgehead atoms. The fraction of sp³-hybridized carbons (Fsp3) is 0.286. The molecule has 8 nitrogen and oxygen atoms in total. The molecule has 10 heteroatoms. The summed E-state index contributed by atoms with van der Waals surface area (Å²) in [5, 5.41) is 4.68. The molecule has 0 saturated carbocycles. The highest BCUT2D eigenvalue weighted by Gasteiger charge is 2.16. The van der Waals surface area contributed by atoms with E-state index in [1.165, 1.54) is 19.4 Å². The molecule has 1 atom stereocenters. The number of amides is 1. The molecule has 0 aromatic heterocycles. The van der Waals surface area contributed by atoms with Crippen LogP contribution >= 0.6 is 23.2 Å². The molecule has 166 valence electrons. The molecule has 2 aromatic carbocycles. The van der Waals surface area contributed by atoms with Gasteiger partial charge in [-0.1, -0.05) is 23.2 Å². The topological polar surface area (TPSA) is 95.5 Å². The summed E-state index contributed by atoms with van der Waals surface area (Å²) in [4.78, 5) is 23.6. The average molecular weight is 469 g/mol. The minimum atomic E-state index is -0.844. The van der Waals surface area contributed by atoms with Crippen LogP contribution in [0, 0.1) is 0 Å². The fourth-order valence-corrected chi connectivity index (χ4v) is 2.75. The van der Waals surface area contributed by atoms with E-state index in [4.69, 9.17) is 42.1 Å². The van der Waals surface area contributed by atoms with Crippen LogP contribution in [-0.4, -0.2) is 44.5 Å². The van der Waals surface area contributed by atoms with Crippen molar-refractivity contribution in [1.29, 1.82) is 0 Å². The molecule has 0 radical (unpaired) electrons. The number of ether oxygens (including phenoxy) is 4. The number of hydrazone groups is 1. The Labute approximate surface area is 190 Å². The summed E-state index contributed by atoms with van der Waals surface area (Å²) in [5.41, 5.74) is 3.03. The molecule has 31 heavy (non-hydrogen) atoms. The van der Waals surface area contributed by atoms with Crippen molar-refractivity contribution in [1.82, 2.24) is 5.43 Å². The minimum absolute atomic E-state index is 0.233. The number of carbonyl (C=O) groups excluding carboxylic acids is 2. The Morgan fingerprint density at radius 1 is 1.13 bits per heavy atom. The molecule has 0 unspecified atom stereocenters. The molecule has 2 rings (SSSR count). The number of esters is 1. The van der Waals surface area contributed by atoms with Gasteiger partial charge in [-0.2, -0.15) is 5.10 Å². The second-order valence-corrected chi connectivity index (χ2v) is 6.92. The third-order valence-electron chi connectivity index (χ3n) is 3.79. The van der Waals surface area contributed by atoms with Crippen molar-refractivity contribution in [3.05, 3.63) is 52.0 Å². The van der Waals surface area contributed by atoms with Gasteiger partial charge in [0.25, 0.3) is 5.91 Å². The summed E-state index contributed by atoms with van der Waals surface area (Å²) in [6.07, 6.45) is 0.585. The van der Waals surface area contributed by atoms with Crippen LogP contribution in [-0.2, 0) is 14.3 Å². The van der Waals surface area contributed by atoms with E-state index in [1.807, 2.05) is 0 Å². The summed E-state index contributed by atoms with van der Waals surface area (Å²) in [5.74, 6) is 0.158. The first-order valence-electron chi connectivity index (χ1n) is 9.25. The van der Waals surface area contributed by atoms with E-state index < -0.39 is 18.0 Å². The van der Waals surface area contributed by atoms with Gasteiger partial charge in [0.05, 0.1) is 25.0 Å². The van der Waals surface area contributed by atoms with Gasteiger partial charge >= 0.3 is 5.97 Å². The Morgan fingerprint density at radius 2 is 1.87 bits per heavy atom. The van der Waals surface area contributed by atoms with E-state index in [9.17, 15) is 9.59 Å². The monoisotopic (exact) mass is 468 g/mol. The van der Waals surface area contributed by atoms with E-state index in [-0.39, 0.29) is 13.2 Å². The quantitative estimate of drug-likeness (QED) is 0.323. The van der Waals surface area contributed by atoms with Gasteiger partial charge in [-0.15, -0.1) is 0 Å². The van der Waals surface area contributed by atoms with Gasteiger partial charge < -0.3 is 18.9 Å². The molecule has 0 fully saturated rings. The van der Waals surface area contributed by atoms with Crippen molar-refractivity contribution in [3.8, 4) is 17.2 Å². The van der Waals surface area contributed by atoms with Gasteiger partial charge in [-0.05, 0) is 55.8 Å². The van der Waals surface area contributed by atoms with Gasteiger partial charge in [-0.25, -0.2) is 10.2 Å². The molecular weight excluding hydrogens is 447 g/mol. The predicted molar refractivity (Wildman–Crippen MR) is 117 cm³/mol. The van der Waals surface area contributed by atoms with Gasteiger partial charge in [0.15, 0.2) is 24.2 Å². The summed E-state index contributed by atoms with van der Waals surface area (Å²) in [6, 6.07) is 9.66. The van der Waals surface area contributed by atoms with Gasteiger partial charge in [0.1, 0.15) is 5.75 Å². The standard InChI is InChI=1S/C21H22Cl2N2O6/c1-4-29-20(26)12-30-18-7-5-14(9-19(18)28-3)11-24-25-21(27)13(2)31-17-8-6-15(22)10-16(17)23/h5-11,13H,4,12H2,1-3H3,(H,25,27)/b24-11+/t13-/m0/s1.